The minimum absolute atomic E-state index is 0.286. The molecule has 1 rings (SSSR count). The zero-order valence-electron chi connectivity index (χ0n) is 5.07. The largest absolute Gasteiger partial charge is 0.323 e. The molecule has 0 fully saturated rings. The van der Waals surface area contributed by atoms with Crippen molar-refractivity contribution in [3.05, 3.63) is 28.5 Å². The highest BCUT2D eigenvalue weighted by molar-refractivity contribution is 9.10. The van der Waals surface area contributed by atoms with E-state index < -0.39 is 0 Å². The summed E-state index contributed by atoms with van der Waals surface area (Å²) in [5, 5.41) is 0. The van der Waals surface area contributed by atoms with E-state index in [1.807, 2.05) is 0 Å². The molecule has 0 unspecified atom stereocenters. The highest BCUT2D eigenvalue weighted by Gasteiger charge is 1.97. The highest BCUT2D eigenvalue weighted by Crippen LogP contribution is 2.21. The lowest BCUT2D eigenvalue weighted by atomic mass is 10.3. The Kier molecular flexibility index (Phi) is 2.24. The molecule has 0 spiro atoms. The molecule has 0 saturated carbocycles. The lowest BCUT2D eigenvalue weighted by Crippen LogP contribution is -2.07. The molecular weight excluding hydrogens is 199 g/mol. The summed E-state index contributed by atoms with van der Waals surface area (Å²) < 4.78 is 13.0. The minimum Gasteiger partial charge on any atom is -0.323 e. The molecule has 54 valence electrons. The quantitative estimate of drug-likeness (QED) is 0.542. The molecule has 0 bridgehead atoms. The molecule has 0 atom stereocenters. The molecule has 0 aliphatic heterocycles. The summed E-state index contributed by atoms with van der Waals surface area (Å²) in [6, 6.07) is 4.23. The van der Waals surface area contributed by atoms with Crippen molar-refractivity contribution in [1.82, 2.24) is 0 Å². The van der Waals surface area contributed by atoms with Crippen LogP contribution in [0.3, 0.4) is 0 Å². The summed E-state index contributed by atoms with van der Waals surface area (Å²) in [7, 11) is 0. The number of hydrogen-bond acceptors (Lipinski definition) is 2. The van der Waals surface area contributed by atoms with Crippen LogP contribution in [0, 0.1) is 5.82 Å². The van der Waals surface area contributed by atoms with Crippen molar-refractivity contribution < 1.29 is 4.39 Å². The summed E-state index contributed by atoms with van der Waals surface area (Å²) in [5.41, 5.74) is 3.08. The number of nitrogens with two attached hydrogens (primary N) is 1. The second-order valence-corrected chi connectivity index (χ2v) is 2.62. The average molecular weight is 205 g/mol. The first-order valence-electron chi connectivity index (χ1n) is 2.65. The molecule has 0 aromatic heterocycles. The van der Waals surface area contributed by atoms with Crippen LogP contribution in [0.2, 0.25) is 0 Å². The van der Waals surface area contributed by atoms with Gasteiger partial charge >= 0.3 is 0 Å². The third kappa shape index (κ3) is 1.46. The molecule has 1 aromatic rings. The Morgan fingerprint density at radius 1 is 1.50 bits per heavy atom. The Balaban J connectivity index is 3.07. The second kappa shape index (κ2) is 2.98. The summed E-state index contributed by atoms with van der Waals surface area (Å²) in [6.45, 7) is 0. The van der Waals surface area contributed by atoms with Gasteiger partial charge in [0, 0.05) is 4.47 Å². The van der Waals surface area contributed by atoms with Gasteiger partial charge in [0.05, 0.1) is 5.69 Å². The van der Waals surface area contributed by atoms with Crippen molar-refractivity contribution >= 4 is 21.6 Å². The van der Waals surface area contributed by atoms with Crippen molar-refractivity contribution in [2.75, 3.05) is 5.43 Å². The third-order valence-corrected chi connectivity index (χ3v) is 1.74. The molecule has 10 heavy (non-hydrogen) atoms. The molecule has 3 N–H and O–H groups in total. The zero-order valence-corrected chi connectivity index (χ0v) is 6.65. The Morgan fingerprint density at radius 3 is 2.70 bits per heavy atom. The first kappa shape index (κ1) is 7.50. The summed E-state index contributed by atoms with van der Waals surface area (Å²) in [6.07, 6.45) is 0. The Morgan fingerprint density at radius 2 is 2.20 bits per heavy atom. The van der Waals surface area contributed by atoms with E-state index in [9.17, 15) is 4.39 Å². The number of hydrazine groups is 1. The van der Waals surface area contributed by atoms with E-state index in [0.29, 0.717) is 10.2 Å². The molecule has 0 aliphatic rings. The van der Waals surface area contributed by atoms with E-state index in [2.05, 4.69) is 21.4 Å². The van der Waals surface area contributed by atoms with Crippen molar-refractivity contribution in [2.45, 2.75) is 0 Å². The number of nitrogen functional groups attached to an aromatic ring is 1. The predicted octanol–water partition coefficient (Wildman–Crippen LogP) is 1.87. The lowest BCUT2D eigenvalue weighted by Gasteiger charge is -2.00. The van der Waals surface area contributed by atoms with Gasteiger partial charge in [-0.15, -0.1) is 0 Å². The maximum Gasteiger partial charge on any atom is 0.124 e. The standard InChI is InChI=1S/C6H6BrFN2/c7-5-3-4(8)1-2-6(5)10-9/h1-3,10H,9H2. The smallest absolute Gasteiger partial charge is 0.124 e. The van der Waals surface area contributed by atoms with Gasteiger partial charge in [-0.05, 0) is 34.1 Å². The van der Waals surface area contributed by atoms with Crippen molar-refractivity contribution in [3.63, 3.8) is 0 Å². The second-order valence-electron chi connectivity index (χ2n) is 1.77. The van der Waals surface area contributed by atoms with Gasteiger partial charge in [-0.25, -0.2) is 4.39 Å². The third-order valence-electron chi connectivity index (χ3n) is 1.09. The van der Waals surface area contributed by atoms with E-state index in [1.54, 1.807) is 6.07 Å². The van der Waals surface area contributed by atoms with E-state index >= 15 is 0 Å². The fourth-order valence-electron chi connectivity index (χ4n) is 0.607. The molecule has 0 radical (unpaired) electrons. The predicted molar refractivity (Wildman–Crippen MR) is 41.9 cm³/mol. The fraction of sp³-hybridized carbons (Fsp3) is 0. The SMILES string of the molecule is NNc1ccc(F)cc1Br. The Bertz CT molecular complexity index is 239. The van der Waals surface area contributed by atoms with Crippen LogP contribution in [0.4, 0.5) is 10.1 Å². The maximum atomic E-state index is 12.4. The van der Waals surface area contributed by atoms with Gasteiger partial charge in [0.1, 0.15) is 5.82 Å². The van der Waals surface area contributed by atoms with Gasteiger partial charge in [-0.3, -0.25) is 5.84 Å². The van der Waals surface area contributed by atoms with Gasteiger partial charge in [0.15, 0.2) is 0 Å². The van der Waals surface area contributed by atoms with Crippen LogP contribution >= 0.6 is 15.9 Å². The van der Waals surface area contributed by atoms with Crippen LogP contribution in [0.15, 0.2) is 22.7 Å². The van der Waals surface area contributed by atoms with Gasteiger partial charge < -0.3 is 5.43 Å². The topological polar surface area (TPSA) is 38.0 Å². The van der Waals surface area contributed by atoms with Crippen molar-refractivity contribution in [3.8, 4) is 0 Å². The number of halogens is 2. The van der Waals surface area contributed by atoms with Crippen LogP contribution in [0.25, 0.3) is 0 Å². The lowest BCUT2D eigenvalue weighted by molar-refractivity contribution is 0.627. The van der Waals surface area contributed by atoms with Gasteiger partial charge in [0.25, 0.3) is 0 Å². The molecule has 1 aromatic carbocycles. The van der Waals surface area contributed by atoms with E-state index in [1.165, 1.54) is 12.1 Å². The number of benzene rings is 1. The van der Waals surface area contributed by atoms with Crippen molar-refractivity contribution in [1.29, 1.82) is 0 Å². The van der Waals surface area contributed by atoms with Crippen LogP contribution in [0.5, 0.6) is 0 Å². The van der Waals surface area contributed by atoms with E-state index in [4.69, 9.17) is 5.84 Å². The highest BCUT2D eigenvalue weighted by atomic mass is 79.9. The molecule has 0 amide bonds. The van der Waals surface area contributed by atoms with Gasteiger partial charge in [0.2, 0.25) is 0 Å². The normalized spacial score (nSPS) is 9.50. The summed E-state index contributed by atoms with van der Waals surface area (Å²) in [5.74, 6) is 4.81. The van der Waals surface area contributed by atoms with Crippen LogP contribution < -0.4 is 11.3 Å². The van der Waals surface area contributed by atoms with Gasteiger partial charge in [-0.2, -0.15) is 0 Å². The molecule has 4 heteroatoms. The van der Waals surface area contributed by atoms with Crippen molar-refractivity contribution in [2.24, 2.45) is 5.84 Å². The summed E-state index contributed by atoms with van der Waals surface area (Å²) >= 11 is 3.12. The minimum atomic E-state index is -0.286. The van der Waals surface area contributed by atoms with Gasteiger partial charge in [-0.1, -0.05) is 0 Å². The van der Waals surface area contributed by atoms with Crippen LogP contribution in [-0.2, 0) is 0 Å². The number of rotatable bonds is 1. The zero-order chi connectivity index (χ0) is 7.56. The average Bonchev–Trinajstić information content (AvgIpc) is 1.88. The monoisotopic (exact) mass is 204 g/mol. The number of nitrogens with one attached hydrogen (secondary N) is 1. The molecule has 0 heterocycles. The molecular formula is C6H6BrFN2. The maximum absolute atomic E-state index is 12.4. The first-order valence-corrected chi connectivity index (χ1v) is 3.45. The van der Waals surface area contributed by atoms with Crippen LogP contribution in [-0.4, -0.2) is 0 Å². The Labute approximate surface area is 66.3 Å². The number of anilines is 1. The molecule has 0 saturated heterocycles. The molecule has 0 aliphatic carbocycles. The van der Waals surface area contributed by atoms with Crippen LogP contribution in [0.1, 0.15) is 0 Å². The molecule has 2 nitrogen and oxygen atoms in total. The number of hydrogen-bond donors (Lipinski definition) is 2. The van der Waals surface area contributed by atoms with E-state index in [-0.39, 0.29) is 5.82 Å². The summed E-state index contributed by atoms with van der Waals surface area (Å²) in [4.78, 5) is 0. The van der Waals surface area contributed by atoms with E-state index in [0.717, 1.165) is 0 Å². The first-order chi connectivity index (χ1) is 4.74. The fourth-order valence-corrected chi connectivity index (χ4v) is 1.07. The Hall–Kier alpha value is -0.610.